The molecule has 14 heavy (non-hydrogen) atoms. The monoisotopic (exact) mass is 181 g/mol. The van der Waals surface area contributed by atoms with Gasteiger partial charge in [0.25, 0.3) is 0 Å². The van der Waals surface area contributed by atoms with Gasteiger partial charge in [0.15, 0.2) is 12.3 Å². The van der Waals surface area contributed by atoms with E-state index in [1.165, 1.54) is 17.0 Å². The van der Waals surface area contributed by atoms with E-state index in [1.807, 2.05) is 0 Å². The summed E-state index contributed by atoms with van der Waals surface area (Å²) >= 11 is 0. The molecule has 1 heterocycles. The molecule has 0 saturated heterocycles. The van der Waals surface area contributed by atoms with Gasteiger partial charge in [-0.2, -0.15) is 0 Å². The SMILES string of the molecule is C1=C[C]2c3ccccc3C=[NH+]C2C=C1. The van der Waals surface area contributed by atoms with Gasteiger partial charge in [0, 0.05) is 5.56 Å². The molecule has 1 aliphatic heterocycles. The quantitative estimate of drug-likeness (QED) is 0.603. The first-order valence-corrected chi connectivity index (χ1v) is 4.85. The van der Waals surface area contributed by atoms with E-state index in [1.54, 1.807) is 0 Å². The fraction of sp³-hybridized carbons (Fsp3) is 0.0769. The Hall–Kier alpha value is -1.63. The van der Waals surface area contributed by atoms with Gasteiger partial charge in [-0.05, 0) is 17.7 Å². The third kappa shape index (κ3) is 1.06. The molecular formula is C13H11N+. The van der Waals surface area contributed by atoms with Gasteiger partial charge in [0.05, 0.1) is 5.92 Å². The molecule has 0 saturated carbocycles. The van der Waals surface area contributed by atoms with E-state index in [2.05, 4.69) is 59.8 Å². The highest BCUT2D eigenvalue weighted by Crippen LogP contribution is 2.25. The van der Waals surface area contributed by atoms with Crippen molar-refractivity contribution in [3.63, 3.8) is 0 Å². The number of rotatable bonds is 0. The van der Waals surface area contributed by atoms with Crippen molar-refractivity contribution >= 4 is 6.21 Å². The maximum Gasteiger partial charge on any atom is 0.184 e. The maximum atomic E-state index is 3.38. The maximum absolute atomic E-state index is 3.38. The zero-order valence-corrected chi connectivity index (χ0v) is 7.77. The van der Waals surface area contributed by atoms with Crippen LogP contribution in [0.5, 0.6) is 0 Å². The van der Waals surface area contributed by atoms with Crippen molar-refractivity contribution < 1.29 is 4.99 Å². The fourth-order valence-corrected chi connectivity index (χ4v) is 2.01. The lowest BCUT2D eigenvalue weighted by Crippen LogP contribution is -2.79. The lowest BCUT2D eigenvalue weighted by atomic mass is 9.84. The van der Waals surface area contributed by atoms with Gasteiger partial charge in [-0.1, -0.05) is 36.4 Å². The van der Waals surface area contributed by atoms with Gasteiger partial charge < -0.3 is 0 Å². The summed E-state index contributed by atoms with van der Waals surface area (Å²) in [6.07, 6.45) is 10.6. The van der Waals surface area contributed by atoms with Crippen LogP contribution in [-0.4, -0.2) is 12.3 Å². The minimum Gasteiger partial charge on any atom is -0.240 e. The van der Waals surface area contributed by atoms with E-state index >= 15 is 0 Å². The molecule has 1 aromatic rings. The second-order valence-electron chi connectivity index (χ2n) is 3.58. The molecule has 0 aromatic heterocycles. The molecule has 0 bridgehead atoms. The molecule has 0 fully saturated rings. The third-order valence-corrected chi connectivity index (χ3v) is 2.72. The molecular weight excluding hydrogens is 170 g/mol. The summed E-state index contributed by atoms with van der Waals surface area (Å²) in [6.45, 7) is 0. The zero-order chi connectivity index (χ0) is 9.38. The van der Waals surface area contributed by atoms with E-state index in [-0.39, 0.29) is 0 Å². The van der Waals surface area contributed by atoms with Gasteiger partial charge in [-0.25, -0.2) is 4.99 Å². The minimum atomic E-state index is 0.356. The summed E-state index contributed by atoms with van der Waals surface area (Å²) in [5, 5.41) is 0. The zero-order valence-electron chi connectivity index (χ0n) is 7.77. The summed E-state index contributed by atoms with van der Waals surface area (Å²) in [5.74, 6) is 1.37. The van der Waals surface area contributed by atoms with E-state index in [0.29, 0.717) is 6.04 Å². The topological polar surface area (TPSA) is 14.0 Å². The van der Waals surface area contributed by atoms with Crippen molar-refractivity contribution in [2.24, 2.45) is 0 Å². The number of fused-ring (bicyclic) bond motifs is 3. The van der Waals surface area contributed by atoms with Crippen LogP contribution in [0.1, 0.15) is 11.1 Å². The highest BCUT2D eigenvalue weighted by molar-refractivity contribution is 5.81. The Kier molecular flexibility index (Phi) is 1.63. The van der Waals surface area contributed by atoms with E-state index < -0.39 is 0 Å². The molecule has 1 atom stereocenters. The Morgan fingerprint density at radius 1 is 1.07 bits per heavy atom. The molecule has 1 heteroatoms. The molecule has 1 aliphatic carbocycles. The van der Waals surface area contributed by atoms with Crippen LogP contribution in [0.4, 0.5) is 0 Å². The predicted octanol–water partition coefficient (Wildman–Crippen LogP) is 0.617. The fourth-order valence-electron chi connectivity index (χ4n) is 2.01. The summed E-state index contributed by atoms with van der Waals surface area (Å²) in [4.78, 5) is 3.38. The second kappa shape index (κ2) is 2.95. The molecule has 0 amide bonds. The number of hydrogen-bond acceptors (Lipinski definition) is 0. The van der Waals surface area contributed by atoms with Gasteiger partial charge in [0.1, 0.15) is 0 Å². The normalized spacial score (nSPS) is 23.3. The molecule has 1 aromatic carbocycles. The van der Waals surface area contributed by atoms with Crippen LogP contribution in [-0.2, 0) is 0 Å². The molecule has 1 nitrogen and oxygen atoms in total. The Morgan fingerprint density at radius 2 is 2.00 bits per heavy atom. The number of allylic oxidation sites excluding steroid dienone is 2. The molecule has 1 unspecified atom stereocenters. The number of nitrogens with one attached hydrogen (secondary N) is 1. The minimum absolute atomic E-state index is 0.356. The Labute approximate surface area is 83.5 Å². The largest absolute Gasteiger partial charge is 0.240 e. The van der Waals surface area contributed by atoms with E-state index in [4.69, 9.17) is 0 Å². The predicted molar refractivity (Wildman–Crippen MR) is 57.0 cm³/mol. The Morgan fingerprint density at radius 3 is 3.00 bits per heavy atom. The van der Waals surface area contributed by atoms with Crippen LogP contribution >= 0.6 is 0 Å². The van der Waals surface area contributed by atoms with Crippen molar-refractivity contribution in [2.75, 3.05) is 0 Å². The highest BCUT2D eigenvalue weighted by atomic mass is 14.8. The summed E-state index contributed by atoms with van der Waals surface area (Å²) in [7, 11) is 0. The van der Waals surface area contributed by atoms with Gasteiger partial charge in [-0.15, -0.1) is 0 Å². The molecule has 67 valence electrons. The third-order valence-electron chi connectivity index (χ3n) is 2.72. The first kappa shape index (κ1) is 7.74. The standard InChI is InChI=1S/C13H10N/c1-2-6-11-10(5-1)9-14-13-8-4-3-7-12(11)13/h1-9,13H/p+1. The van der Waals surface area contributed by atoms with E-state index in [0.717, 1.165) is 0 Å². The van der Waals surface area contributed by atoms with Gasteiger partial charge in [-0.3, -0.25) is 0 Å². The molecule has 0 spiro atoms. The van der Waals surface area contributed by atoms with Crippen molar-refractivity contribution in [3.8, 4) is 0 Å². The summed E-state index contributed by atoms with van der Waals surface area (Å²) in [5.41, 5.74) is 2.62. The van der Waals surface area contributed by atoms with Gasteiger partial charge in [0.2, 0.25) is 0 Å². The second-order valence-corrected chi connectivity index (χ2v) is 3.58. The van der Waals surface area contributed by atoms with Gasteiger partial charge >= 0.3 is 0 Å². The average molecular weight is 181 g/mol. The first-order chi connectivity index (χ1) is 6.95. The summed E-state index contributed by atoms with van der Waals surface area (Å²) < 4.78 is 0. The van der Waals surface area contributed by atoms with Crippen LogP contribution in [0.2, 0.25) is 0 Å². The molecule has 3 rings (SSSR count). The Balaban J connectivity index is 2.15. The lowest BCUT2D eigenvalue weighted by molar-refractivity contribution is -0.477. The number of hydrogen-bond donors (Lipinski definition) is 1. The summed E-state index contributed by atoms with van der Waals surface area (Å²) in [6, 6.07) is 8.83. The van der Waals surface area contributed by atoms with Crippen LogP contribution in [0.25, 0.3) is 0 Å². The van der Waals surface area contributed by atoms with E-state index in [9.17, 15) is 0 Å². The highest BCUT2D eigenvalue weighted by Gasteiger charge is 2.29. The number of benzene rings is 1. The van der Waals surface area contributed by atoms with Crippen molar-refractivity contribution in [1.29, 1.82) is 0 Å². The van der Waals surface area contributed by atoms with Crippen LogP contribution < -0.4 is 4.99 Å². The molecule has 2 aliphatic rings. The smallest absolute Gasteiger partial charge is 0.184 e. The average Bonchev–Trinajstić information content (AvgIpc) is 2.29. The first-order valence-electron chi connectivity index (χ1n) is 4.85. The van der Waals surface area contributed by atoms with Crippen molar-refractivity contribution in [2.45, 2.75) is 6.04 Å². The van der Waals surface area contributed by atoms with Crippen LogP contribution in [0.3, 0.4) is 0 Å². The lowest BCUT2D eigenvalue weighted by Gasteiger charge is -2.20. The van der Waals surface area contributed by atoms with Crippen LogP contribution in [0.15, 0.2) is 48.6 Å². The van der Waals surface area contributed by atoms with Crippen molar-refractivity contribution in [3.05, 3.63) is 65.6 Å². The van der Waals surface area contributed by atoms with Crippen molar-refractivity contribution in [1.82, 2.24) is 0 Å². The Bertz CT molecular complexity index is 440. The molecule has 1 radical (unpaired) electrons. The van der Waals surface area contributed by atoms with Crippen LogP contribution in [0, 0.1) is 5.92 Å². The molecule has 1 N–H and O–H groups in total.